The van der Waals surface area contributed by atoms with E-state index < -0.39 is 31.1 Å². The number of hydrogen-bond donors (Lipinski definition) is 3. The van der Waals surface area contributed by atoms with Crippen LogP contribution in [0.4, 0.5) is 24.9 Å². The fraction of sp³-hybridized carbons (Fsp3) is 0.357. The number of halogens is 5. The maximum Gasteiger partial charge on any atom is 0.433 e. The lowest BCUT2D eigenvalue weighted by Gasteiger charge is -2.22. The van der Waals surface area contributed by atoms with Crippen molar-refractivity contribution in [2.24, 2.45) is 0 Å². The van der Waals surface area contributed by atoms with Gasteiger partial charge in [0, 0.05) is 5.56 Å². The van der Waals surface area contributed by atoms with Crippen molar-refractivity contribution < 1.29 is 23.0 Å². The molecule has 1 unspecified atom stereocenters. The number of aliphatic hydroxyl groups excluding tert-OH is 1. The van der Waals surface area contributed by atoms with E-state index in [2.05, 4.69) is 19.9 Å². The lowest BCUT2D eigenvalue weighted by Crippen LogP contribution is -2.40. The SMILES string of the molecule is C[C@H](O)COC(Nc1nnc(-c2cccc(Cl)c2Cl)c(N)n1)C(F)(F)F. The van der Waals surface area contributed by atoms with E-state index >= 15 is 0 Å². The molecule has 7 nitrogen and oxygen atoms in total. The molecular formula is C14H14Cl2F3N5O2. The number of ether oxygens (including phenoxy) is 1. The van der Waals surface area contributed by atoms with E-state index in [1.807, 2.05) is 5.32 Å². The molecule has 0 amide bonds. The molecular weight excluding hydrogens is 398 g/mol. The summed E-state index contributed by atoms with van der Waals surface area (Å²) in [5.74, 6) is -0.708. The predicted molar refractivity (Wildman–Crippen MR) is 90.8 cm³/mol. The minimum atomic E-state index is -4.78. The van der Waals surface area contributed by atoms with E-state index in [0.29, 0.717) is 5.56 Å². The maximum atomic E-state index is 13.0. The molecule has 1 aromatic carbocycles. The molecule has 1 heterocycles. The normalized spacial score (nSPS) is 14.1. The van der Waals surface area contributed by atoms with Gasteiger partial charge in [0.15, 0.2) is 5.82 Å². The van der Waals surface area contributed by atoms with Gasteiger partial charge in [0.05, 0.1) is 22.8 Å². The van der Waals surface area contributed by atoms with E-state index in [4.69, 9.17) is 34.0 Å². The number of nitrogen functional groups attached to an aromatic ring is 1. The summed E-state index contributed by atoms with van der Waals surface area (Å²) in [6.45, 7) is 0.739. The fourth-order valence-corrected chi connectivity index (χ4v) is 2.24. The Labute approximate surface area is 156 Å². The first-order valence-corrected chi connectivity index (χ1v) is 7.92. The molecule has 2 rings (SSSR count). The van der Waals surface area contributed by atoms with Gasteiger partial charge in [-0.15, -0.1) is 10.2 Å². The number of alkyl halides is 3. The molecule has 4 N–H and O–H groups in total. The average molecular weight is 412 g/mol. The van der Waals surface area contributed by atoms with Gasteiger partial charge in [-0.3, -0.25) is 0 Å². The molecule has 0 aliphatic rings. The summed E-state index contributed by atoms with van der Waals surface area (Å²) in [4.78, 5) is 3.75. The number of nitrogens with one attached hydrogen (secondary N) is 1. The van der Waals surface area contributed by atoms with Crippen LogP contribution in [-0.2, 0) is 4.74 Å². The van der Waals surface area contributed by atoms with Gasteiger partial charge in [0.1, 0.15) is 5.69 Å². The summed E-state index contributed by atoms with van der Waals surface area (Å²) >= 11 is 12.0. The summed E-state index contributed by atoms with van der Waals surface area (Å²) in [5, 5.41) is 18.8. The van der Waals surface area contributed by atoms with Gasteiger partial charge < -0.3 is 20.9 Å². The van der Waals surface area contributed by atoms with Crippen molar-refractivity contribution in [3.05, 3.63) is 28.2 Å². The topological polar surface area (TPSA) is 106 Å². The Kier molecular flexibility index (Phi) is 6.45. The van der Waals surface area contributed by atoms with Crippen molar-refractivity contribution in [3.63, 3.8) is 0 Å². The van der Waals surface area contributed by atoms with Crippen LogP contribution in [0, 0.1) is 0 Å². The predicted octanol–water partition coefficient (Wildman–Crippen LogP) is 3.13. The van der Waals surface area contributed by atoms with Gasteiger partial charge in [-0.1, -0.05) is 35.3 Å². The minimum absolute atomic E-state index is 0.0662. The van der Waals surface area contributed by atoms with E-state index in [9.17, 15) is 13.2 Å². The Balaban J connectivity index is 2.26. The van der Waals surface area contributed by atoms with Gasteiger partial charge in [-0.05, 0) is 13.0 Å². The average Bonchev–Trinajstić information content (AvgIpc) is 2.53. The lowest BCUT2D eigenvalue weighted by atomic mass is 10.1. The van der Waals surface area contributed by atoms with E-state index in [1.54, 1.807) is 18.2 Å². The zero-order valence-electron chi connectivity index (χ0n) is 13.3. The highest BCUT2D eigenvalue weighted by Crippen LogP contribution is 2.34. The maximum absolute atomic E-state index is 13.0. The van der Waals surface area contributed by atoms with Crippen LogP contribution in [0.25, 0.3) is 11.3 Å². The van der Waals surface area contributed by atoms with E-state index in [1.165, 1.54) is 6.92 Å². The number of anilines is 2. The first kappa shape index (κ1) is 20.4. The van der Waals surface area contributed by atoms with Crippen LogP contribution in [0.3, 0.4) is 0 Å². The first-order chi connectivity index (χ1) is 12.1. The van der Waals surface area contributed by atoms with Crippen LogP contribution in [0.15, 0.2) is 18.2 Å². The molecule has 2 atom stereocenters. The molecule has 1 aromatic heterocycles. The molecule has 0 saturated carbocycles. The monoisotopic (exact) mass is 411 g/mol. The standard InChI is InChI=1S/C14H14Cl2F3N5O2/c1-6(25)5-26-12(14(17,18)19)22-13-21-11(20)10(23-24-13)7-3-2-4-8(15)9(7)16/h2-4,6,12,25H,5H2,1H3,(H3,20,21,22,24)/t6-,12?/m0/s1. The smallest absolute Gasteiger partial charge is 0.391 e. The minimum Gasteiger partial charge on any atom is -0.391 e. The third-order valence-corrected chi connectivity index (χ3v) is 3.80. The molecule has 0 saturated heterocycles. The lowest BCUT2D eigenvalue weighted by molar-refractivity contribution is -0.215. The van der Waals surface area contributed by atoms with Crippen LogP contribution in [0.2, 0.25) is 10.0 Å². The van der Waals surface area contributed by atoms with Gasteiger partial charge in [-0.2, -0.15) is 18.2 Å². The van der Waals surface area contributed by atoms with Crippen LogP contribution >= 0.6 is 23.2 Å². The van der Waals surface area contributed by atoms with Gasteiger partial charge >= 0.3 is 6.18 Å². The quantitative estimate of drug-likeness (QED) is 0.626. The number of aliphatic hydroxyl groups is 1. The fourth-order valence-electron chi connectivity index (χ4n) is 1.85. The number of nitrogens with zero attached hydrogens (tertiary/aromatic N) is 3. The molecule has 0 aliphatic carbocycles. The Morgan fingerprint density at radius 2 is 2.00 bits per heavy atom. The molecule has 0 aliphatic heterocycles. The van der Waals surface area contributed by atoms with Crippen LogP contribution in [0.5, 0.6) is 0 Å². The number of hydrogen-bond acceptors (Lipinski definition) is 7. The van der Waals surface area contributed by atoms with E-state index in [-0.39, 0.29) is 21.6 Å². The molecule has 142 valence electrons. The van der Waals surface area contributed by atoms with Crippen LogP contribution in [0.1, 0.15) is 6.92 Å². The molecule has 0 radical (unpaired) electrons. The van der Waals surface area contributed by atoms with Crippen LogP contribution < -0.4 is 11.1 Å². The summed E-state index contributed by atoms with van der Waals surface area (Å²) in [6, 6.07) is 4.71. The Hall–Kier alpha value is -1.88. The van der Waals surface area contributed by atoms with Crippen LogP contribution in [-0.4, -0.2) is 45.4 Å². The Morgan fingerprint density at radius 3 is 2.58 bits per heavy atom. The number of nitrogens with two attached hydrogens (primary N) is 1. The van der Waals surface area contributed by atoms with Crippen molar-refractivity contribution in [3.8, 4) is 11.3 Å². The summed E-state index contributed by atoms with van der Waals surface area (Å²) < 4.78 is 43.6. The molecule has 2 aromatic rings. The van der Waals surface area contributed by atoms with Gasteiger partial charge in [-0.25, -0.2) is 0 Å². The van der Waals surface area contributed by atoms with Crippen molar-refractivity contribution in [2.75, 3.05) is 17.7 Å². The second-order valence-electron chi connectivity index (χ2n) is 5.22. The third-order valence-electron chi connectivity index (χ3n) is 2.98. The van der Waals surface area contributed by atoms with E-state index in [0.717, 1.165) is 0 Å². The first-order valence-electron chi connectivity index (χ1n) is 7.17. The summed E-state index contributed by atoms with van der Waals surface area (Å²) in [7, 11) is 0. The summed E-state index contributed by atoms with van der Waals surface area (Å²) in [6.07, 6.45) is -8.31. The highest BCUT2D eigenvalue weighted by Gasteiger charge is 2.41. The number of rotatable bonds is 6. The second-order valence-corrected chi connectivity index (χ2v) is 6.00. The van der Waals surface area contributed by atoms with Crippen molar-refractivity contribution in [1.29, 1.82) is 0 Å². The molecule has 0 spiro atoms. The van der Waals surface area contributed by atoms with Crippen molar-refractivity contribution >= 4 is 35.0 Å². The summed E-state index contributed by atoms with van der Waals surface area (Å²) in [5.41, 5.74) is 6.16. The molecule has 0 bridgehead atoms. The van der Waals surface area contributed by atoms with Crippen molar-refractivity contribution in [1.82, 2.24) is 15.2 Å². The molecule has 0 fully saturated rings. The highest BCUT2D eigenvalue weighted by molar-refractivity contribution is 6.43. The largest absolute Gasteiger partial charge is 0.433 e. The molecule has 12 heteroatoms. The van der Waals surface area contributed by atoms with Crippen molar-refractivity contribution in [2.45, 2.75) is 25.4 Å². The Bertz CT molecular complexity index is 777. The number of benzene rings is 1. The second kappa shape index (κ2) is 8.21. The Morgan fingerprint density at radius 1 is 1.31 bits per heavy atom. The highest BCUT2D eigenvalue weighted by atomic mass is 35.5. The zero-order chi connectivity index (χ0) is 19.5. The number of aromatic nitrogens is 3. The molecule has 26 heavy (non-hydrogen) atoms. The van der Waals surface area contributed by atoms with Gasteiger partial charge in [0.2, 0.25) is 12.2 Å². The third kappa shape index (κ3) is 5.07. The van der Waals surface area contributed by atoms with Gasteiger partial charge in [0.25, 0.3) is 0 Å². The zero-order valence-corrected chi connectivity index (χ0v) is 14.8.